The summed E-state index contributed by atoms with van der Waals surface area (Å²) in [5, 5.41) is 0. The Labute approximate surface area is 103 Å². The molecule has 1 aliphatic heterocycles. The molecule has 2 rings (SSSR count). The van der Waals surface area contributed by atoms with Gasteiger partial charge in [0, 0.05) is 18.0 Å². The predicted molar refractivity (Wildman–Crippen MR) is 63.3 cm³/mol. The van der Waals surface area contributed by atoms with Crippen molar-refractivity contribution in [3.8, 4) is 0 Å². The van der Waals surface area contributed by atoms with Crippen LogP contribution in [-0.4, -0.2) is 25.8 Å². The Hall–Kier alpha value is -0.870. The molecule has 0 N–H and O–H groups in total. The van der Waals surface area contributed by atoms with Crippen molar-refractivity contribution in [3.05, 3.63) is 34.3 Å². The first kappa shape index (κ1) is 11.6. The van der Waals surface area contributed by atoms with Crippen molar-refractivity contribution in [2.45, 2.75) is 18.4 Å². The molecule has 1 fully saturated rings. The zero-order valence-electron chi connectivity index (χ0n) is 8.98. The molecular formula is C12H13BrO3. The van der Waals surface area contributed by atoms with Gasteiger partial charge in [-0.05, 0) is 17.7 Å². The maximum absolute atomic E-state index is 11.7. The van der Waals surface area contributed by atoms with Gasteiger partial charge in [0.15, 0.2) is 0 Å². The maximum atomic E-state index is 11.7. The number of methoxy groups -OCH3 is 1. The molecule has 0 amide bonds. The van der Waals surface area contributed by atoms with Crippen molar-refractivity contribution in [2.24, 2.45) is 0 Å². The fraction of sp³-hybridized carbons (Fsp3) is 0.417. The van der Waals surface area contributed by atoms with E-state index in [1.165, 1.54) is 0 Å². The number of carbonyl (C=O) groups excluding carboxylic acids is 1. The van der Waals surface area contributed by atoms with Crippen molar-refractivity contribution < 1.29 is 14.3 Å². The third kappa shape index (κ3) is 2.44. The molecule has 16 heavy (non-hydrogen) atoms. The van der Waals surface area contributed by atoms with Gasteiger partial charge in [0.05, 0.1) is 12.5 Å². The number of rotatable bonds is 3. The number of carbonyl (C=O) groups is 1. The van der Waals surface area contributed by atoms with Crippen molar-refractivity contribution in [3.63, 3.8) is 0 Å². The van der Waals surface area contributed by atoms with E-state index in [4.69, 9.17) is 9.47 Å². The summed E-state index contributed by atoms with van der Waals surface area (Å²) in [7, 11) is 1.61. The third-order valence-electron chi connectivity index (χ3n) is 2.69. The molecule has 0 aromatic heterocycles. The van der Waals surface area contributed by atoms with Crippen LogP contribution in [0.5, 0.6) is 0 Å². The monoisotopic (exact) mass is 284 g/mol. The lowest BCUT2D eigenvalue weighted by Gasteiger charge is -2.06. The van der Waals surface area contributed by atoms with E-state index in [0.717, 1.165) is 10.0 Å². The molecule has 0 spiro atoms. The molecular weight excluding hydrogens is 272 g/mol. The quantitative estimate of drug-likeness (QED) is 0.800. The molecule has 1 aromatic carbocycles. The number of ether oxygens (including phenoxy) is 2. The Bertz CT molecular complexity index is 374. The first-order valence-electron chi connectivity index (χ1n) is 5.15. The SMILES string of the molecule is COCC1CC(c2ccc(Br)cc2)C(=O)O1. The van der Waals surface area contributed by atoms with Crippen LogP contribution in [0.4, 0.5) is 0 Å². The van der Waals surface area contributed by atoms with Crippen LogP contribution in [0, 0.1) is 0 Å². The molecule has 2 unspecified atom stereocenters. The summed E-state index contributed by atoms with van der Waals surface area (Å²) >= 11 is 3.37. The van der Waals surface area contributed by atoms with E-state index in [2.05, 4.69) is 15.9 Å². The van der Waals surface area contributed by atoms with Crippen molar-refractivity contribution >= 4 is 21.9 Å². The van der Waals surface area contributed by atoms with Crippen LogP contribution < -0.4 is 0 Å². The largest absolute Gasteiger partial charge is 0.459 e. The van der Waals surface area contributed by atoms with Crippen LogP contribution in [-0.2, 0) is 14.3 Å². The van der Waals surface area contributed by atoms with E-state index < -0.39 is 0 Å². The van der Waals surface area contributed by atoms with Gasteiger partial charge in [-0.25, -0.2) is 0 Å². The highest BCUT2D eigenvalue weighted by Gasteiger charge is 2.35. The first-order valence-corrected chi connectivity index (χ1v) is 5.95. The summed E-state index contributed by atoms with van der Waals surface area (Å²) in [4.78, 5) is 11.7. The molecule has 0 saturated carbocycles. The van der Waals surface area contributed by atoms with Crippen molar-refractivity contribution in [1.82, 2.24) is 0 Å². The number of cyclic esters (lactones) is 1. The van der Waals surface area contributed by atoms with E-state index in [-0.39, 0.29) is 18.0 Å². The standard InChI is InChI=1S/C12H13BrO3/c1-15-7-10-6-11(12(14)16-10)8-2-4-9(13)5-3-8/h2-5,10-11H,6-7H2,1H3. The zero-order valence-corrected chi connectivity index (χ0v) is 10.6. The summed E-state index contributed by atoms with van der Waals surface area (Å²) in [6.45, 7) is 0.471. The van der Waals surface area contributed by atoms with Gasteiger partial charge in [0.2, 0.25) is 0 Å². The van der Waals surface area contributed by atoms with Crippen molar-refractivity contribution in [2.75, 3.05) is 13.7 Å². The average molecular weight is 285 g/mol. The molecule has 1 aromatic rings. The van der Waals surface area contributed by atoms with Crippen LogP contribution in [0.1, 0.15) is 17.9 Å². The van der Waals surface area contributed by atoms with Crippen LogP contribution in [0.15, 0.2) is 28.7 Å². The fourth-order valence-corrected chi connectivity index (χ4v) is 2.17. The van der Waals surface area contributed by atoms with E-state index in [0.29, 0.717) is 13.0 Å². The number of hydrogen-bond acceptors (Lipinski definition) is 3. The average Bonchev–Trinajstić information content (AvgIpc) is 2.61. The Morgan fingerprint density at radius 2 is 2.12 bits per heavy atom. The van der Waals surface area contributed by atoms with Crippen molar-refractivity contribution in [1.29, 1.82) is 0 Å². The minimum absolute atomic E-state index is 0.105. The Morgan fingerprint density at radius 3 is 2.75 bits per heavy atom. The highest BCUT2D eigenvalue weighted by atomic mass is 79.9. The number of halogens is 1. The zero-order chi connectivity index (χ0) is 11.5. The molecule has 2 atom stereocenters. The number of esters is 1. The summed E-state index contributed by atoms with van der Waals surface area (Å²) in [5.74, 6) is -0.294. The van der Waals surface area contributed by atoms with Gasteiger partial charge in [-0.3, -0.25) is 4.79 Å². The summed E-state index contributed by atoms with van der Waals surface area (Å²) in [6.07, 6.45) is 0.597. The normalized spacial score (nSPS) is 24.5. The highest BCUT2D eigenvalue weighted by Crippen LogP contribution is 2.31. The van der Waals surface area contributed by atoms with Gasteiger partial charge in [-0.1, -0.05) is 28.1 Å². The molecule has 3 nitrogen and oxygen atoms in total. The van der Waals surface area contributed by atoms with Gasteiger partial charge in [0.25, 0.3) is 0 Å². The van der Waals surface area contributed by atoms with E-state index in [1.54, 1.807) is 7.11 Å². The Kier molecular flexibility index (Phi) is 3.61. The fourth-order valence-electron chi connectivity index (χ4n) is 1.91. The van der Waals surface area contributed by atoms with E-state index in [9.17, 15) is 4.79 Å². The second-order valence-corrected chi connectivity index (χ2v) is 4.77. The smallest absolute Gasteiger partial charge is 0.313 e. The van der Waals surface area contributed by atoms with Gasteiger partial charge in [-0.15, -0.1) is 0 Å². The second kappa shape index (κ2) is 4.97. The molecule has 0 radical (unpaired) electrons. The van der Waals surface area contributed by atoms with Gasteiger partial charge in [0.1, 0.15) is 6.10 Å². The second-order valence-electron chi connectivity index (χ2n) is 3.85. The Morgan fingerprint density at radius 1 is 1.44 bits per heavy atom. The lowest BCUT2D eigenvalue weighted by Crippen LogP contribution is -2.13. The topological polar surface area (TPSA) is 35.5 Å². The Balaban J connectivity index is 2.10. The molecule has 1 aliphatic rings. The number of hydrogen-bond donors (Lipinski definition) is 0. The molecule has 86 valence electrons. The lowest BCUT2D eigenvalue weighted by atomic mass is 9.96. The summed E-state index contributed by atoms with van der Waals surface area (Å²) < 4.78 is 11.2. The van der Waals surface area contributed by atoms with Gasteiger partial charge in [-0.2, -0.15) is 0 Å². The minimum Gasteiger partial charge on any atom is -0.459 e. The molecule has 0 bridgehead atoms. The first-order chi connectivity index (χ1) is 7.70. The molecule has 4 heteroatoms. The van der Waals surface area contributed by atoms with Gasteiger partial charge >= 0.3 is 5.97 Å². The molecule has 1 saturated heterocycles. The van der Waals surface area contributed by atoms with Crippen LogP contribution in [0.25, 0.3) is 0 Å². The highest BCUT2D eigenvalue weighted by molar-refractivity contribution is 9.10. The van der Waals surface area contributed by atoms with Crippen LogP contribution >= 0.6 is 15.9 Å². The van der Waals surface area contributed by atoms with E-state index >= 15 is 0 Å². The van der Waals surface area contributed by atoms with Crippen LogP contribution in [0.3, 0.4) is 0 Å². The van der Waals surface area contributed by atoms with Crippen LogP contribution in [0.2, 0.25) is 0 Å². The third-order valence-corrected chi connectivity index (χ3v) is 3.22. The summed E-state index contributed by atoms with van der Waals surface area (Å²) in [6, 6.07) is 7.77. The minimum atomic E-state index is -0.149. The lowest BCUT2D eigenvalue weighted by molar-refractivity contribution is -0.144. The molecule has 0 aliphatic carbocycles. The predicted octanol–water partition coefficient (Wildman–Crippen LogP) is 2.49. The van der Waals surface area contributed by atoms with Gasteiger partial charge < -0.3 is 9.47 Å². The van der Waals surface area contributed by atoms with E-state index in [1.807, 2.05) is 24.3 Å². The maximum Gasteiger partial charge on any atom is 0.313 e. The molecule has 1 heterocycles. The number of benzene rings is 1. The summed E-state index contributed by atoms with van der Waals surface area (Å²) in [5.41, 5.74) is 1.01.